The SMILES string of the molecule is COCCN1CC[C@H](CNC(=O)c2ccc(O)cn2)C1. The Balaban J connectivity index is 1.73. The predicted octanol–water partition coefficient (Wildman–Crippen LogP) is 0.485. The fourth-order valence-corrected chi connectivity index (χ4v) is 2.35. The van der Waals surface area contributed by atoms with Crippen molar-refractivity contribution in [3.05, 3.63) is 24.0 Å². The molecule has 20 heavy (non-hydrogen) atoms. The van der Waals surface area contributed by atoms with E-state index >= 15 is 0 Å². The number of hydrogen-bond donors (Lipinski definition) is 2. The molecule has 0 aliphatic carbocycles. The second-order valence-corrected chi connectivity index (χ2v) is 5.06. The first kappa shape index (κ1) is 14.7. The second kappa shape index (κ2) is 7.21. The van der Waals surface area contributed by atoms with Crippen molar-refractivity contribution >= 4 is 5.91 Å². The number of ether oxygens (including phenoxy) is 1. The van der Waals surface area contributed by atoms with Crippen molar-refractivity contribution in [1.82, 2.24) is 15.2 Å². The zero-order valence-corrected chi connectivity index (χ0v) is 11.7. The number of likely N-dealkylation sites (tertiary alicyclic amines) is 1. The van der Waals surface area contributed by atoms with Crippen molar-refractivity contribution in [3.63, 3.8) is 0 Å². The van der Waals surface area contributed by atoms with Crippen LogP contribution >= 0.6 is 0 Å². The van der Waals surface area contributed by atoms with E-state index in [1.54, 1.807) is 7.11 Å². The summed E-state index contributed by atoms with van der Waals surface area (Å²) in [4.78, 5) is 18.1. The van der Waals surface area contributed by atoms with Gasteiger partial charge < -0.3 is 20.1 Å². The molecule has 2 heterocycles. The molecule has 1 aliphatic rings. The van der Waals surface area contributed by atoms with Crippen LogP contribution in [-0.2, 0) is 4.74 Å². The summed E-state index contributed by atoms with van der Waals surface area (Å²) in [5.74, 6) is 0.347. The van der Waals surface area contributed by atoms with Gasteiger partial charge in [-0.15, -0.1) is 0 Å². The van der Waals surface area contributed by atoms with E-state index in [9.17, 15) is 4.79 Å². The van der Waals surface area contributed by atoms with Gasteiger partial charge in [0.05, 0.1) is 12.8 Å². The van der Waals surface area contributed by atoms with Gasteiger partial charge in [0.25, 0.3) is 5.91 Å². The number of carbonyl (C=O) groups excluding carboxylic acids is 1. The molecule has 1 aromatic heterocycles. The summed E-state index contributed by atoms with van der Waals surface area (Å²) in [5, 5.41) is 12.0. The number of hydrogen-bond acceptors (Lipinski definition) is 5. The van der Waals surface area contributed by atoms with Gasteiger partial charge in [-0.1, -0.05) is 0 Å². The van der Waals surface area contributed by atoms with Crippen LogP contribution in [0.15, 0.2) is 18.3 Å². The van der Waals surface area contributed by atoms with Gasteiger partial charge in [-0.2, -0.15) is 0 Å². The van der Waals surface area contributed by atoms with Gasteiger partial charge in [0.2, 0.25) is 0 Å². The third-order valence-electron chi connectivity index (χ3n) is 3.51. The third-order valence-corrected chi connectivity index (χ3v) is 3.51. The minimum atomic E-state index is -0.194. The summed E-state index contributed by atoms with van der Waals surface area (Å²) in [6.07, 6.45) is 2.37. The number of rotatable bonds is 6. The molecule has 1 atom stereocenters. The number of methoxy groups -OCH3 is 1. The number of aromatic nitrogens is 1. The van der Waals surface area contributed by atoms with Gasteiger partial charge in [-0.05, 0) is 31.0 Å². The van der Waals surface area contributed by atoms with E-state index in [0.717, 1.165) is 32.7 Å². The molecule has 110 valence electrons. The molecular formula is C14H21N3O3. The minimum absolute atomic E-state index is 0.0612. The van der Waals surface area contributed by atoms with Gasteiger partial charge in [-0.25, -0.2) is 4.98 Å². The Labute approximate surface area is 118 Å². The molecule has 6 heteroatoms. The molecule has 1 amide bonds. The highest BCUT2D eigenvalue weighted by Crippen LogP contribution is 2.15. The highest BCUT2D eigenvalue weighted by atomic mass is 16.5. The predicted molar refractivity (Wildman–Crippen MR) is 74.7 cm³/mol. The molecule has 0 saturated carbocycles. The Kier molecular flexibility index (Phi) is 5.31. The molecule has 1 saturated heterocycles. The van der Waals surface area contributed by atoms with Gasteiger partial charge in [0, 0.05) is 26.7 Å². The van der Waals surface area contributed by atoms with Crippen molar-refractivity contribution in [2.45, 2.75) is 6.42 Å². The average molecular weight is 279 g/mol. The van der Waals surface area contributed by atoms with Crippen LogP contribution in [0.2, 0.25) is 0 Å². The molecule has 1 fully saturated rings. The molecule has 0 radical (unpaired) electrons. The van der Waals surface area contributed by atoms with Crippen LogP contribution in [0.5, 0.6) is 5.75 Å². The maximum absolute atomic E-state index is 11.9. The van der Waals surface area contributed by atoms with Crippen molar-refractivity contribution in [3.8, 4) is 5.75 Å². The van der Waals surface area contributed by atoms with E-state index in [0.29, 0.717) is 18.2 Å². The number of nitrogens with zero attached hydrogens (tertiary/aromatic N) is 2. The first-order chi connectivity index (χ1) is 9.69. The molecule has 6 nitrogen and oxygen atoms in total. The van der Waals surface area contributed by atoms with Crippen molar-refractivity contribution in [2.75, 3.05) is 39.9 Å². The third kappa shape index (κ3) is 4.18. The zero-order chi connectivity index (χ0) is 14.4. The standard InChI is InChI=1S/C14H21N3O3/c1-20-7-6-17-5-4-11(10-17)8-16-14(19)13-3-2-12(18)9-15-13/h2-3,9,11,18H,4-8,10H2,1H3,(H,16,19)/t11-/m1/s1. The quantitative estimate of drug-likeness (QED) is 0.792. The first-order valence-corrected chi connectivity index (χ1v) is 6.83. The zero-order valence-electron chi connectivity index (χ0n) is 11.7. The number of carbonyl (C=O) groups is 1. The lowest BCUT2D eigenvalue weighted by Gasteiger charge is -2.15. The summed E-state index contributed by atoms with van der Waals surface area (Å²) in [6, 6.07) is 2.98. The molecule has 0 bridgehead atoms. The molecular weight excluding hydrogens is 258 g/mol. The normalized spacial score (nSPS) is 19.1. The van der Waals surface area contributed by atoms with Crippen LogP contribution in [0.25, 0.3) is 0 Å². The van der Waals surface area contributed by atoms with E-state index in [4.69, 9.17) is 9.84 Å². The summed E-state index contributed by atoms with van der Waals surface area (Å²) < 4.78 is 5.06. The topological polar surface area (TPSA) is 74.7 Å². The van der Waals surface area contributed by atoms with Crippen molar-refractivity contribution in [1.29, 1.82) is 0 Å². The van der Waals surface area contributed by atoms with Crippen LogP contribution in [0.1, 0.15) is 16.9 Å². The highest BCUT2D eigenvalue weighted by molar-refractivity contribution is 5.92. The van der Waals surface area contributed by atoms with Crippen LogP contribution < -0.4 is 5.32 Å². The van der Waals surface area contributed by atoms with Gasteiger partial charge in [-0.3, -0.25) is 4.79 Å². The number of aromatic hydroxyl groups is 1. The maximum atomic E-state index is 11.9. The monoisotopic (exact) mass is 279 g/mol. The number of amides is 1. The Hall–Kier alpha value is -1.66. The smallest absolute Gasteiger partial charge is 0.269 e. The van der Waals surface area contributed by atoms with Crippen molar-refractivity contribution in [2.24, 2.45) is 5.92 Å². The molecule has 1 aromatic rings. The molecule has 2 rings (SSSR count). The fourth-order valence-electron chi connectivity index (χ4n) is 2.35. The molecule has 0 spiro atoms. The number of pyridine rings is 1. The maximum Gasteiger partial charge on any atom is 0.269 e. The molecule has 1 aliphatic heterocycles. The Bertz CT molecular complexity index is 436. The second-order valence-electron chi connectivity index (χ2n) is 5.06. The Morgan fingerprint density at radius 3 is 3.15 bits per heavy atom. The largest absolute Gasteiger partial charge is 0.506 e. The lowest BCUT2D eigenvalue weighted by atomic mass is 10.1. The lowest BCUT2D eigenvalue weighted by molar-refractivity contribution is 0.0941. The van der Waals surface area contributed by atoms with Crippen LogP contribution in [0, 0.1) is 5.92 Å². The van der Waals surface area contributed by atoms with E-state index < -0.39 is 0 Å². The Morgan fingerprint density at radius 1 is 1.60 bits per heavy atom. The summed E-state index contributed by atoms with van der Waals surface area (Å²) in [6.45, 7) is 4.40. The van der Waals surface area contributed by atoms with Gasteiger partial charge in [0.1, 0.15) is 11.4 Å². The van der Waals surface area contributed by atoms with E-state index in [1.165, 1.54) is 18.3 Å². The van der Waals surface area contributed by atoms with Crippen LogP contribution in [-0.4, -0.2) is 60.8 Å². The highest BCUT2D eigenvalue weighted by Gasteiger charge is 2.22. The summed E-state index contributed by atoms with van der Waals surface area (Å²) in [5.41, 5.74) is 0.331. The number of nitrogens with one attached hydrogen (secondary N) is 1. The average Bonchev–Trinajstić information content (AvgIpc) is 2.91. The van der Waals surface area contributed by atoms with E-state index in [2.05, 4.69) is 15.2 Å². The minimum Gasteiger partial charge on any atom is -0.506 e. The van der Waals surface area contributed by atoms with Gasteiger partial charge >= 0.3 is 0 Å². The van der Waals surface area contributed by atoms with E-state index in [1.807, 2.05) is 0 Å². The van der Waals surface area contributed by atoms with Gasteiger partial charge in [0.15, 0.2) is 0 Å². The molecule has 2 N–H and O–H groups in total. The summed E-state index contributed by atoms with van der Waals surface area (Å²) >= 11 is 0. The summed E-state index contributed by atoms with van der Waals surface area (Å²) in [7, 11) is 1.71. The molecule has 0 unspecified atom stereocenters. The van der Waals surface area contributed by atoms with E-state index in [-0.39, 0.29) is 11.7 Å². The fraction of sp³-hybridized carbons (Fsp3) is 0.571. The van der Waals surface area contributed by atoms with Crippen molar-refractivity contribution < 1.29 is 14.6 Å². The van der Waals surface area contributed by atoms with Crippen LogP contribution in [0.4, 0.5) is 0 Å². The Morgan fingerprint density at radius 2 is 2.45 bits per heavy atom. The molecule has 0 aromatic carbocycles. The lowest BCUT2D eigenvalue weighted by Crippen LogP contribution is -2.32. The first-order valence-electron chi connectivity index (χ1n) is 6.83. The van der Waals surface area contributed by atoms with Crippen LogP contribution in [0.3, 0.4) is 0 Å².